The van der Waals surface area contributed by atoms with Crippen LogP contribution in [-0.4, -0.2) is 108 Å². The summed E-state index contributed by atoms with van der Waals surface area (Å²) in [4.78, 5) is 16.4. The summed E-state index contributed by atoms with van der Waals surface area (Å²) in [5, 5.41) is 4.55. The summed E-state index contributed by atoms with van der Waals surface area (Å²) < 4.78 is 52.7. The van der Waals surface area contributed by atoms with Crippen molar-refractivity contribution in [2.75, 3.05) is 71.7 Å². The number of hydrogen-bond acceptors (Lipinski definition) is 10. The molecule has 188 valence electrons. The van der Waals surface area contributed by atoms with Crippen molar-refractivity contribution in [2.45, 2.75) is 12.0 Å². The zero-order chi connectivity index (χ0) is 24.4. The first-order valence-electron chi connectivity index (χ1n) is 11.3. The molecule has 5 rings (SSSR count). The van der Waals surface area contributed by atoms with E-state index >= 15 is 0 Å². The molecule has 5 heterocycles. The summed E-state index contributed by atoms with van der Waals surface area (Å²) in [6.45, 7) is 3.26. The number of nitrogens with zero attached hydrogens (tertiary/aromatic N) is 7. The van der Waals surface area contributed by atoms with Crippen LogP contribution in [0.5, 0.6) is 11.9 Å². The first-order chi connectivity index (χ1) is 17.0. The number of ether oxygens (including phenoxy) is 4. The molecule has 2 aliphatic rings. The first kappa shape index (κ1) is 23.6. The molecule has 2 saturated heterocycles. The average Bonchev–Trinajstić information content (AvgIpc) is 3.44. The fourth-order valence-electron chi connectivity index (χ4n) is 4.30. The maximum absolute atomic E-state index is 14.9. The number of halogens is 2. The van der Waals surface area contributed by atoms with Gasteiger partial charge in [0, 0.05) is 38.2 Å². The minimum absolute atomic E-state index is 0.0261. The van der Waals surface area contributed by atoms with Crippen LogP contribution in [0.4, 0.5) is 14.6 Å². The molecule has 11 nitrogen and oxygen atoms in total. The van der Waals surface area contributed by atoms with Gasteiger partial charge in [-0.3, -0.25) is 4.90 Å². The monoisotopic (exact) mass is 491 g/mol. The standard InChI is InChI=1S/C22H27F2N7O4/c1-32-20-15(12-26-21(27-20)33-2)16-11-17-19(25-3-4-31(17)28-16)30-13-18(22(23,24)14-30)35-10-7-29-5-8-34-9-6-29/h3-4,11-12,18H,5-10,13-14H2,1-2H3. The van der Waals surface area contributed by atoms with E-state index in [2.05, 4.69) is 25.0 Å². The van der Waals surface area contributed by atoms with Crippen molar-refractivity contribution in [1.29, 1.82) is 0 Å². The quantitative estimate of drug-likeness (QED) is 0.460. The van der Waals surface area contributed by atoms with Gasteiger partial charge in [-0.2, -0.15) is 10.1 Å². The highest BCUT2D eigenvalue weighted by Crippen LogP contribution is 2.36. The molecule has 3 aromatic rings. The lowest BCUT2D eigenvalue weighted by Crippen LogP contribution is -2.40. The van der Waals surface area contributed by atoms with Crippen LogP contribution < -0.4 is 14.4 Å². The van der Waals surface area contributed by atoms with Crippen LogP contribution in [0.15, 0.2) is 24.7 Å². The van der Waals surface area contributed by atoms with E-state index in [1.165, 1.54) is 20.4 Å². The van der Waals surface area contributed by atoms with Gasteiger partial charge in [0.25, 0.3) is 5.92 Å². The predicted molar refractivity (Wildman–Crippen MR) is 121 cm³/mol. The number of morpholine rings is 1. The largest absolute Gasteiger partial charge is 0.480 e. The van der Waals surface area contributed by atoms with E-state index in [9.17, 15) is 8.78 Å². The molecular formula is C22H27F2N7O4. The number of methoxy groups -OCH3 is 2. The van der Waals surface area contributed by atoms with E-state index in [0.29, 0.717) is 42.4 Å². The minimum Gasteiger partial charge on any atom is -0.480 e. The molecule has 3 aromatic heterocycles. The van der Waals surface area contributed by atoms with E-state index in [-0.39, 0.29) is 25.0 Å². The molecule has 0 N–H and O–H groups in total. The van der Waals surface area contributed by atoms with Gasteiger partial charge in [0.1, 0.15) is 17.3 Å². The lowest BCUT2D eigenvalue weighted by atomic mass is 10.2. The molecule has 1 unspecified atom stereocenters. The SMILES string of the molecule is COc1ncc(-c2cc3c(N4CC(OCCN5CCOCC5)C(F)(F)C4)nccn3n2)c(OC)n1. The Morgan fingerprint density at radius 3 is 2.77 bits per heavy atom. The number of hydrogen-bond donors (Lipinski definition) is 0. The molecule has 0 saturated carbocycles. The van der Waals surface area contributed by atoms with Crippen molar-refractivity contribution in [1.82, 2.24) is 29.5 Å². The van der Waals surface area contributed by atoms with Crippen LogP contribution >= 0.6 is 0 Å². The number of aromatic nitrogens is 5. The van der Waals surface area contributed by atoms with Crippen molar-refractivity contribution in [2.24, 2.45) is 0 Å². The molecule has 0 radical (unpaired) electrons. The third-order valence-electron chi connectivity index (χ3n) is 6.14. The summed E-state index contributed by atoms with van der Waals surface area (Å²) in [6, 6.07) is 1.91. The van der Waals surface area contributed by atoms with Gasteiger partial charge in [0.05, 0.1) is 52.7 Å². The van der Waals surface area contributed by atoms with Gasteiger partial charge in [-0.05, 0) is 6.07 Å². The highest BCUT2D eigenvalue weighted by Gasteiger charge is 2.49. The molecule has 0 amide bonds. The highest BCUT2D eigenvalue weighted by atomic mass is 19.3. The summed E-state index contributed by atoms with van der Waals surface area (Å²) in [6.07, 6.45) is 3.51. The Labute approximate surface area is 200 Å². The molecule has 1 atom stereocenters. The van der Waals surface area contributed by atoms with Gasteiger partial charge in [-0.25, -0.2) is 23.3 Å². The molecule has 0 aromatic carbocycles. The molecule has 0 bridgehead atoms. The second-order valence-electron chi connectivity index (χ2n) is 8.34. The number of anilines is 1. The second kappa shape index (κ2) is 9.84. The zero-order valence-corrected chi connectivity index (χ0v) is 19.6. The van der Waals surface area contributed by atoms with E-state index in [0.717, 1.165) is 13.1 Å². The number of alkyl halides is 2. The molecule has 2 aliphatic heterocycles. The van der Waals surface area contributed by atoms with Gasteiger partial charge in [-0.1, -0.05) is 0 Å². The molecule has 0 spiro atoms. The van der Waals surface area contributed by atoms with Crippen molar-refractivity contribution in [3.8, 4) is 23.1 Å². The maximum Gasteiger partial charge on any atom is 0.319 e. The zero-order valence-electron chi connectivity index (χ0n) is 19.6. The van der Waals surface area contributed by atoms with Gasteiger partial charge in [-0.15, -0.1) is 0 Å². The summed E-state index contributed by atoms with van der Waals surface area (Å²) in [5.41, 5.74) is 1.63. The summed E-state index contributed by atoms with van der Waals surface area (Å²) in [7, 11) is 2.95. The molecule has 35 heavy (non-hydrogen) atoms. The Morgan fingerprint density at radius 1 is 1.17 bits per heavy atom. The van der Waals surface area contributed by atoms with Gasteiger partial charge >= 0.3 is 6.01 Å². The van der Waals surface area contributed by atoms with Crippen LogP contribution in [-0.2, 0) is 9.47 Å². The van der Waals surface area contributed by atoms with Gasteiger partial charge < -0.3 is 23.8 Å². The van der Waals surface area contributed by atoms with Crippen molar-refractivity contribution in [3.05, 3.63) is 24.7 Å². The minimum atomic E-state index is -3.00. The Morgan fingerprint density at radius 2 is 2.00 bits per heavy atom. The van der Waals surface area contributed by atoms with Gasteiger partial charge in [0.15, 0.2) is 5.82 Å². The van der Waals surface area contributed by atoms with E-state index in [4.69, 9.17) is 18.9 Å². The van der Waals surface area contributed by atoms with Crippen molar-refractivity contribution >= 4 is 11.3 Å². The summed E-state index contributed by atoms with van der Waals surface area (Å²) in [5.74, 6) is -2.31. The Hall–Kier alpha value is -3.16. The maximum atomic E-state index is 14.9. The Balaban J connectivity index is 1.35. The van der Waals surface area contributed by atoms with Gasteiger partial charge in [0.2, 0.25) is 5.88 Å². The third kappa shape index (κ3) is 4.83. The number of fused-ring (bicyclic) bond motifs is 1. The fourth-order valence-corrected chi connectivity index (χ4v) is 4.30. The molecule has 0 aliphatic carbocycles. The lowest BCUT2D eigenvalue weighted by molar-refractivity contribution is -0.109. The molecular weight excluding hydrogens is 464 g/mol. The molecule has 2 fully saturated rings. The topological polar surface area (TPSA) is 99.4 Å². The number of rotatable bonds is 8. The van der Waals surface area contributed by atoms with E-state index in [1.54, 1.807) is 27.9 Å². The van der Waals surface area contributed by atoms with Crippen LogP contribution in [0.3, 0.4) is 0 Å². The van der Waals surface area contributed by atoms with Crippen molar-refractivity contribution in [3.63, 3.8) is 0 Å². The first-order valence-corrected chi connectivity index (χ1v) is 11.3. The summed E-state index contributed by atoms with van der Waals surface area (Å²) >= 11 is 0. The predicted octanol–water partition coefficient (Wildman–Crippen LogP) is 1.38. The average molecular weight is 491 g/mol. The lowest BCUT2D eigenvalue weighted by Gasteiger charge is -2.27. The Bertz CT molecular complexity index is 1170. The fraction of sp³-hybridized carbons (Fsp3) is 0.545. The third-order valence-corrected chi connectivity index (χ3v) is 6.14. The van der Waals surface area contributed by atoms with E-state index in [1.807, 2.05) is 0 Å². The Kier molecular flexibility index (Phi) is 6.62. The smallest absolute Gasteiger partial charge is 0.319 e. The second-order valence-corrected chi connectivity index (χ2v) is 8.34. The molecule has 13 heteroatoms. The van der Waals surface area contributed by atoms with Crippen molar-refractivity contribution < 1.29 is 27.7 Å². The van der Waals surface area contributed by atoms with Crippen LogP contribution in [0.1, 0.15) is 0 Å². The van der Waals surface area contributed by atoms with Crippen LogP contribution in [0.2, 0.25) is 0 Å². The van der Waals surface area contributed by atoms with E-state index < -0.39 is 18.6 Å². The van der Waals surface area contributed by atoms with Crippen LogP contribution in [0.25, 0.3) is 16.8 Å². The normalized spacial score (nSPS) is 20.5. The highest BCUT2D eigenvalue weighted by molar-refractivity contribution is 5.77. The van der Waals surface area contributed by atoms with Crippen LogP contribution in [0, 0.1) is 0 Å².